The van der Waals surface area contributed by atoms with Gasteiger partial charge in [0.15, 0.2) is 5.06 Å². The molecule has 0 unspecified atom stereocenters. The fourth-order valence-corrected chi connectivity index (χ4v) is 3.25. The third kappa shape index (κ3) is 4.98. The molecule has 0 radical (unpaired) electrons. The molecule has 0 aliphatic carbocycles. The van der Waals surface area contributed by atoms with Crippen LogP contribution >= 0.6 is 11.3 Å². The van der Waals surface area contributed by atoms with E-state index in [2.05, 4.69) is 11.2 Å². The number of carboxylic acid groups (broad SMARTS) is 1. The predicted octanol–water partition coefficient (Wildman–Crippen LogP) is 4.18. The van der Waals surface area contributed by atoms with Crippen molar-refractivity contribution in [2.45, 2.75) is 6.92 Å². The monoisotopic (exact) mass is 385 g/mol. The van der Waals surface area contributed by atoms with Gasteiger partial charge in [0.2, 0.25) is 5.71 Å². The number of ether oxygens (including phenoxy) is 2. The van der Waals surface area contributed by atoms with Gasteiger partial charge in [-0.2, -0.15) is 0 Å². The maximum Gasteiger partial charge on any atom is 0.359 e. The van der Waals surface area contributed by atoms with Gasteiger partial charge in [-0.05, 0) is 42.0 Å². The normalized spacial score (nSPS) is 11.4. The Hall–Kier alpha value is -3.06. The summed E-state index contributed by atoms with van der Waals surface area (Å²) in [6, 6.07) is 17.4. The Bertz CT molecular complexity index is 950. The maximum atomic E-state index is 11.3. The molecule has 0 amide bonds. The van der Waals surface area contributed by atoms with E-state index in [-0.39, 0.29) is 5.71 Å². The molecule has 2 aromatic carbocycles. The summed E-state index contributed by atoms with van der Waals surface area (Å²) in [7, 11) is 0. The van der Waals surface area contributed by atoms with Crippen molar-refractivity contribution in [1.29, 1.82) is 0 Å². The van der Waals surface area contributed by atoms with E-state index in [0.717, 1.165) is 16.5 Å². The first-order valence-electron chi connectivity index (χ1n) is 8.45. The van der Waals surface area contributed by atoms with Crippen LogP contribution in [0.15, 0.2) is 59.8 Å². The number of thiophene rings is 1. The summed E-state index contributed by atoms with van der Waals surface area (Å²) in [4.78, 5) is 16.6. The molecule has 1 N–H and O–H groups in total. The molecule has 1 aromatic heterocycles. The molecule has 0 aliphatic heterocycles. The number of benzene rings is 2. The Labute approximate surface area is 160 Å². The van der Waals surface area contributed by atoms with Crippen molar-refractivity contribution in [2.24, 2.45) is 5.16 Å². The Kier molecular flexibility index (Phi) is 6.27. The fraction of sp³-hybridized carbons (Fsp3) is 0.200. The number of nitrogens with zero attached hydrogens (tertiary/aromatic N) is 1. The molecule has 27 heavy (non-hydrogen) atoms. The summed E-state index contributed by atoms with van der Waals surface area (Å²) in [5.41, 5.74) is -0.135. The first-order chi connectivity index (χ1) is 13.2. The second kappa shape index (κ2) is 9.05. The summed E-state index contributed by atoms with van der Waals surface area (Å²) < 4.78 is 11.4. The highest BCUT2D eigenvalue weighted by molar-refractivity contribution is 7.16. The molecule has 6 nitrogen and oxygen atoms in total. The van der Waals surface area contributed by atoms with E-state index in [1.165, 1.54) is 11.3 Å². The molecule has 3 aromatic rings. The van der Waals surface area contributed by atoms with Gasteiger partial charge in [-0.15, -0.1) is 0 Å². The molecular weight excluding hydrogens is 366 g/mol. The van der Waals surface area contributed by atoms with Crippen molar-refractivity contribution in [3.63, 3.8) is 0 Å². The third-order valence-corrected chi connectivity index (χ3v) is 4.62. The summed E-state index contributed by atoms with van der Waals surface area (Å²) in [6.45, 7) is 2.77. The van der Waals surface area contributed by atoms with Crippen molar-refractivity contribution in [3.05, 3.63) is 59.5 Å². The van der Waals surface area contributed by atoms with Crippen LogP contribution in [0.3, 0.4) is 0 Å². The molecule has 0 atom stereocenters. The minimum absolute atomic E-state index is 0.135. The number of oxime groups is 1. The van der Waals surface area contributed by atoms with E-state index < -0.39 is 5.97 Å². The van der Waals surface area contributed by atoms with Crippen molar-refractivity contribution in [3.8, 4) is 10.8 Å². The SMILES string of the molecule is CCO/N=C(\C(=O)O)c1ccc(OCCOc2ccc3ccccc3c2)s1. The topological polar surface area (TPSA) is 77.4 Å². The fourth-order valence-electron chi connectivity index (χ4n) is 2.40. The van der Waals surface area contributed by atoms with E-state index >= 15 is 0 Å². The van der Waals surface area contributed by atoms with Gasteiger partial charge in [0, 0.05) is 0 Å². The molecule has 0 saturated heterocycles. The minimum Gasteiger partial charge on any atom is -0.490 e. The van der Waals surface area contributed by atoms with Crippen LogP contribution in [0.4, 0.5) is 0 Å². The van der Waals surface area contributed by atoms with Crippen LogP contribution < -0.4 is 9.47 Å². The number of fused-ring (bicyclic) bond motifs is 1. The van der Waals surface area contributed by atoms with Gasteiger partial charge in [0.05, 0.1) is 4.88 Å². The second-order valence-electron chi connectivity index (χ2n) is 5.49. The van der Waals surface area contributed by atoms with Crippen LogP contribution in [0, 0.1) is 0 Å². The lowest BCUT2D eigenvalue weighted by Crippen LogP contribution is -2.13. The highest BCUT2D eigenvalue weighted by atomic mass is 32.1. The molecule has 7 heteroatoms. The highest BCUT2D eigenvalue weighted by Gasteiger charge is 2.16. The van der Waals surface area contributed by atoms with Gasteiger partial charge in [-0.25, -0.2) is 4.79 Å². The second-order valence-corrected chi connectivity index (χ2v) is 6.53. The van der Waals surface area contributed by atoms with Crippen LogP contribution in [-0.4, -0.2) is 36.6 Å². The molecule has 0 spiro atoms. The number of aliphatic carboxylic acids is 1. The zero-order valence-corrected chi connectivity index (χ0v) is 15.6. The minimum atomic E-state index is -1.14. The van der Waals surface area contributed by atoms with Gasteiger partial charge in [0.25, 0.3) is 0 Å². The number of rotatable bonds is 9. The molecule has 3 rings (SSSR count). The van der Waals surface area contributed by atoms with Crippen LogP contribution in [0.1, 0.15) is 11.8 Å². The van der Waals surface area contributed by atoms with Gasteiger partial charge < -0.3 is 19.4 Å². The number of hydrogen-bond acceptors (Lipinski definition) is 6. The van der Waals surface area contributed by atoms with Crippen molar-refractivity contribution in [1.82, 2.24) is 0 Å². The van der Waals surface area contributed by atoms with Crippen LogP contribution in [0.5, 0.6) is 10.8 Å². The molecule has 0 saturated carbocycles. The maximum absolute atomic E-state index is 11.3. The molecule has 0 bridgehead atoms. The Morgan fingerprint density at radius 1 is 1.04 bits per heavy atom. The zero-order chi connectivity index (χ0) is 19.1. The Balaban J connectivity index is 1.53. The number of carboxylic acids is 1. The Morgan fingerprint density at radius 2 is 1.81 bits per heavy atom. The Morgan fingerprint density at radius 3 is 2.59 bits per heavy atom. The summed E-state index contributed by atoms with van der Waals surface area (Å²) in [5, 5.41) is 15.7. The van der Waals surface area contributed by atoms with Crippen molar-refractivity contribution < 1.29 is 24.2 Å². The lowest BCUT2D eigenvalue weighted by Gasteiger charge is -2.08. The highest BCUT2D eigenvalue weighted by Crippen LogP contribution is 2.25. The van der Waals surface area contributed by atoms with E-state index in [9.17, 15) is 9.90 Å². The molecule has 0 aliphatic rings. The van der Waals surface area contributed by atoms with Crippen molar-refractivity contribution in [2.75, 3.05) is 19.8 Å². The van der Waals surface area contributed by atoms with Crippen LogP contribution in [0.2, 0.25) is 0 Å². The smallest absolute Gasteiger partial charge is 0.359 e. The van der Waals surface area contributed by atoms with E-state index in [0.29, 0.717) is 29.8 Å². The van der Waals surface area contributed by atoms with Gasteiger partial charge in [0.1, 0.15) is 25.6 Å². The largest absolute Gasteiger partial charge is 0.490 e. The average molecular weight is 385 g/mol. The quantitative estimate of drug-likeness (QED) is 0.340. The summed E-state index contributed by atoms with van der Waals surface area (Å²) in [5.74, 6) is -0.363. The summed E-state index contributed by atoms with van der Waals surface area (Å²) >= 11 is 1.20. The lowest BCUT2D eigenvalue weighted by atomic mass is 10.1. The van der Waals surface area contributed by atoms with E-state index in [1.807, 2.05) is 36.4 Å². The first kappa shape index (κ1) is 18.7. The molecule has 140 valence electrons. The number of hydrogen-bond donors (Lipinski definition) is 1. The summed E-state index contributed by atoms with van der Waals surface area (Å²) in [6.07, 6.45) is 0. The molecule has 1 heterocycles. The molecular formula is C20H19NO5S. The first-order valence-corrected chi connectivity index (χ1v) is 9.27. The average Bonchev–Trinajstić information content (AvgIpc) is 3.14. The van der Waals surface area contributed by atoms with Crippen LogP contribution in [0.25, 0.3) is 10.8 Å². The van der Waals surface area contributed by atoms with E-state index in [1.54, 1.807) is 19.1 Å². The molecule has 0 fully saturated rings. The van der Waals surface area contributed by atoms with Crippen LogP contribution in [-0.2, 0) is 9.63 Å². The standard InChI is InChI=1S/C20H19NO5S/c1-2-26-21-19(20(22)23)17-9-10-18(27-17)25-12-11-24-16-8-7-14-5-3-4-6-15(14)13-16/h3-10,13H,2,11-12H2,1H3,(H,22,23)/b21-19-. The number of carbonyl (C=O) groups is 1. The lowest BCUT2D eigenvalue weighted by molar-refractivity contribution is -0.129. The third-order valence-electron chi connectivity index (χ3n) is 3.62. The van der Waals surface area contributed by atoms with E-state index in [4.69, 9.17) is 14.3 Å². The van der Waals surface area contributed by atoms with Gasteiger partial charge >= 0.3 is 5.97 Å². The van der Waals surface area contributed by atoms with Crippen molar-refractivity contribution >= 4 is 33.8 Å². The predicted molar refractivity (Wildman–Crippen MR) is 105 cm³/mol. The van der Waals surface area contributed by atoms with Gasteiger partial charge in [-0.3, -0.25) is 0 Å². The van der Waals surface area contributed by atoms with Gasteiger partial charge in [-0.1, -0.05) is 46.8 Å². The zero-order valence-electron chi connectivity index (χ0n) is 14.8.